The van der Waals surface area contributed by atoms with E-state index in [0.717, 1.165) is 19.3 Å². The Morgan fingerprint density at radius 3 is 1.42 bits per heavy atom. The van der Waals surface area contributed by atoms with Crippen LogP contribution in [0, 0.1) is 0 Å². The maximum Gasteiger partial charge on any atom is 0.335 e. The average Bonchev–Trinajstić information content (AvgIpc) is 2.64. The van der Waals surface area contributed by atoms with Crippen molar-refractivity contribution in [1.82, 2.24) is 0 Å². The third-order valence-corrected chi connectivity index (χ3v) is 3.07. The lowest BCUT2D eigenvalue weighted by Gasteiger charge is -1.99. The van der Waals surface area contributed by atoms with Crippen molar-refractivity contribution >= 4 is 11.9 Å². The van der Waals surface area contributed by atoms with Crippen LogP contribution in [0.25, 0.3) is 0 Å². The van der Waals surface area contributed by atoms with Gasteiger partial charge in [0, 0.05) is 6.61 Å². The van der Waals surface area contributed by atoms with E-state index in [-0.39, 0.29) is 12.7 Å². The molecule has 6 nitrogen and oxygen atoms in total. The van der Waals surface area contributed by atoms with Gasteiger partial charge in [0.15, 0.2) is 0 Å². The molecule has 0 saturated heterocycles. The smallest absolute Gasteiger partial charge is 0.335 e. The highest BCUT2D eigenvalue weighted by Crippen LogP contribution is 1.98. The SMILES string of the molecule is CC(O)CCCCO.O=C(O)c1ccccc1.O=C(O)c1ccccc1. The molecule has 0 aliphatic carbocycles. The first kappa shape index (κ1) is 23.3. The van der Waals surface area contributed by atoms with Crippen LogP contribution in [0.3, 0.4) is 0 Å². The topological polar surface area (TPSA) is 115 Å². The molecule has 1 unspecified atom stereocenters. The fourth-order valence-corrected chi connectivity index (χ4v) is 1.71. The maximum absolute atomic E-state index is 10.2. The summed E-state index contributed by atoms with van der Waals surface area (Å²) in [5.41, 5.74) is 0.662. The first-order chi connectivity index (χ1) is 12.4. The number of aromatic carboxylic acids is 2. The van der Waals surface area contributed by atoms with Gasteiger partial charge in [-0.25, -0.2) is 9.59 Å². The Bertz CT molecular complexity index is 561. The van der Waals surface area contributed by atoms with Crippen LogP contribution < -0.4 is 0 Å². The predicted molar refractivity (Wildman–Crippen MR) is 99.4 cm³/mol. The molecular weight excluding hydrogens is 336 g/mol. The van der Waals surface area contributed by atoms with Gasteiger partial charge in [0.25, 0.3) is 0 Å². The Morgan fingerprint density at radius 2 is 1.19 bits per heavy atom. The zero-order valence-electron chi connectivity index (χ0n) is 14.8. The van der Waals surface area contributed by atoms with Crippen molar-refractivity contribution < 1.29 is 30.0 Å². The number of aliphatic hydroxyl groups excluding tert-OH is 2. The number of hydrogen-bond acceptors (Lipinski definition) is 4. The monoisotopic (exact) mass is 362 g/mol. The van der Waals surface area contributed by atoms with Gasteiger partial charge in [-0.2, -0.15) is 0 Å². The van der Waals surface area contributed by atoms with Crippen molar-refractivity contribution in [2.24, 2.45) is 0 Å². The summed E-state index contributed by atoms with van der Waals surface area (Å²) in [5.74, 6) is -1.76. The second-order valence-electron chi connectivity index (χ2n) is 5.41. The highest BCUT2D eigenvalue weighted by Gasteiger charge is 1.97. The van der Waals surface area contributed by atoms with Gasteiger partial charge in [-0.1, -0.05) is 36.4 Å². The van der Waals surface area contributed by atoms with Crippen LogP contribution in [0.5, 0.6) is 0 Å². The van der Waals surface area contributed by atoms with Crippen LogP contribution >= 0.6 is 0 Å². The number of carboxylic acid groups (broad SMARTS) is 2. The predicted octanol–water partition coefficient (Wildman–Crippen LogP) is 3.30. The van der Waals surface area contributed by atoms with Crippen molar-refractivity contribution in [2.45, 2.75) is 32.3 Å². The number of unbranched alkanes of at least 4 members (excludes halogenated alkanes) is 1. The summed E-state index contributed by atoms with van der Waals surface area (Å²) in [6.07, 6.45) is 2.33. The molecule has 1 atom stereocenters. The summed E-state index contributed by atoms with van der Waals surface area (Å²) in [6.45, 7) is 2.00. The molecule has 4 N–H and O–H groups in total. The van der Waals surface area contributed by atoms with E-state index in [2.05, 4.69) is 0 Å². The van der Waals surface area contributed by atoms with E-state index >= 15 is 0 Å². The Balaban J connectivity index is 0.000000362. The highest BCUT2D eigenvalue weighted by atomic mass is 16.4. The van der Waals surface area contributed by atoms with Gasteiger partial charge >= 0.3 is 11.9 Å². The molecule has 0 radical (unpaired) electrons. The van der Waals surface area contributed by atoms with Gasteiger partial charge in [0.05, 0.1) is 17.2 Å². The van der Waals surface area contributed by atoms with Crippen LogP contribution in [0.1, 0.15) is 46.9 Å². The van der Waals surface area contributed by atoms with Gasteiger partial charge in [0.1, 0.15) is 0 Å². The minimum atomic E-state index is -0.879. The lowest BCUT2D eigenvalue weighted by Crippen LogP contribution is -1.98. The van der Waals surface area contributed by atoms with Crippen molar-refractivity contribution in [3.8, 4) is 0 Å². The molecule has 2 aromatic carbocycles. The molecule has 0 heterocycles. The van der Waals surface area contributed by atoms with Crippen LogP contribution in [-0.4, -0.2) is 45.1 Å². The summed E-state index contributed by atoms with van der Waals surface area (Å²) in [6, 6.07) is 16.6. The van der Waals surface area contributed by atoms with E-state index < -0.39 is 11.9 Å². The zero-order chi connectivity index (χ0) is 19.8. The Hall–Kier alpha value is -2.70. The van der Waals surface area contributed by atoms with Gasteiger partial charge in [-0.05, 0) is 50.5 Å². The largest absolute Gasteiger partial charge is 0.478 e. The van der Waals surface area contributed by atoms with Crippen molar-refractivity contribution in [2.75, 3.05) is 6.61 Å². The van der Waals surface area contributed by atoms with Crippen LogP contribution in [-0.2, 0) is 0 Å². The Morgan fingerprint density at radius 1 is 0.808 bits per heavy atom. The van der Waals surface area contributed by atoms with E-state index in [4.69, 9.17) is 20.4 Å². The molecule has 0 bridgehead atoms. The number of aliphatic hydroxyl groups is 2. The minimum Gasteiger partial charge on any atom is -0.478 e. The molecule has 0 saturated carbocycles. The fourth-order valence-electron chi connectivity index (χ4n) is 1.71. The number of hydrogen-bond donors (Lipinski definition) is 4. The molecule has 2 rings (SSSR count). The number of carbonyl (C=O) groups is 2. The molecule has 26 heavy (non-hydrogen) atoms. The summed E-state index contributed by atoms with van der Waals surface area (Å²) in [7, 11) is 0. The first-order valence-corrected chi connectivity index (χ1v) is 8.24. The number of carboxylic acids is 2. The lowest BCUT2D eigenvalue weighted by atomic mass is 10.2. The van der Waals surface area contributed by atoms with E-state index in [9.17, 15) is 9.59 Å². The Labute approximate surface area is 153 Å². The minimum absolute atomic E-state index is 0.207. The highest BCUT2D eigenvalue weighted by molar-refractivity contribution is 5.87. The third-order valence-electron chi connectivity index (χ3n) is 3.07. The number of benzene rings is 2. The molecule has 6 heteroatoms. The standard InChI is InChI=1S/2C7H6O2.C6H14O2/c2*8-7(9)6-4-2-1-3-5-6;1-6(8)4-2-3-5-7/h2*1-5H,(H,8,9);6-8H,2-5H2,1H3. The molecule has 0 fully saturated rings. The average molecular weight is 362 g/mol. The summed E-state index contributed by atoms with van der Waals surface area (Å²) >= 11 is 0. The van der Waals surface area contributed by atoms with Crippen molar-refractivity contribution in [3.05, 3.63) is 71.8 Å². The molecule has 142 valence electrons. The third kappa shape index (κ3) is 12.7. The maximum atomic E-state index is 10.2. The second-order valence-corrected chi connectivity index (χ2v) is 5.41. The summed E-state index contributed by atoms with van der Waals surface area (Å²) in [4.78, 5) is 20.4. The van der Waals surface area contributed by atoms with E-state index in [0.29, 0.717) is 11.1 Å². The molecule has 0 aliphatic rings. The lowest BCUT2D eigenvalue weighted by molar-refractivity contribution is 0.0686. The first-order valence-electron chi connectivity index (χ1n) is 8.24. The fraction of sp³-hybridized carbons (Fsp3) is 0.300. The second kappa shape index (κ2) is 14.6. The molecule has 0 spiro atoms. The quantitative estimate of drug-likeness (QED) is 0.586. The van der Waals surface area contributed by atoms with Crippen LogP contribution in [0.4, 0.5) is 0 Å². The van der Waals surface area contributed by atoms with Crippen molar-refractivity contribution in [3.63, 3.8) is 0 Å². The van der Waals surface area contributed by atoms with E-state index in [1.54, 1.807) is 67.6 Å². The summed E-state index contributed by atoms with van der Waals surface area (Å²) < 4.78 is 0. The van der Waals surface area contributed by atoms with Gasteiger partial charge in [-0.3, -0.25) is 0 Å². The molecule has 0 aliphatic heterocycles. The van der Waals surface area contributed by atoms with Crippen molar-refractivity contribution in [1.29, 1.82) is 0 Å². The molecule has 0 amide bonds. The van der Waals surface area contributed by atoms with Crippen LogP contribution in [0.15, 0.2) is 60.7 Å². The Kier molecular flexibility index (Phi) is 13.1. The zero-order valence-corrected chi connectivity index (χ0v) is 14.8. The van der Waals surface area contributed by atoms with Gasteiger partial charge < -0.3 is 20.4 Å². The van der Waals surface area contributed by atoms with E-state index in [1.807, 2.05) is 0 Å². The van der Waals surface area contributed by atoms with E-state index in [1.165, 1.54) is 0 Å². The summed E-state index contributed by atoms with van der Waals surface area (Å²) in [5, 5.41) is 33.8. The molecular formula is C20H26O6. The normalized spacial score (nSPS) is 10.4. The molecule has 2 aromatic rings. The molecule has 0 aromatic heterocycles. The number of rotatable bonds is 6. The van der Waals surface area contributed by atoms with Gasteiger partial charge in [0.2, 0.25) is 0 Å². The van der Waals surface area contributed by atoms with Crippen LogP contribution in [0.2, 0.25) is 0 Å². The van der Waals surface area contributed by atoms with Gasteiger partial charge in [-0.15, -0.1) is 0 Å².